The normalized spacial score (nSPS) is 15.8. The van der Waals surface area contributed by atoms with E-state index in [1.54, 1.807) is 6.33 Å². The summed E-state index contributed by atoms with van der Waals surface area (Å²) in [5, 5.41) is 9.73. The average molecular weight is 358 g/mol. The molecule has 3 heterocycles. The van der Waals surface area contributed by atoms with E-state index in [1.807, 2.05) is 40.8 Å². The van der Waals surface area contributed by atoms with Crippen LogP contribution in [0.2, 0.25) is 5.02 Å². The topological polar surface area (TPSA) is 66.8 Å². The lowest BCUT2D eigenvalue weighted by Gasteiger charge is -2.31. The Hall–Kier alpha value is -2.34. The molecule has 4 rings (SSSR count). The molecule has 0 radical (unpaired) electrons. The van der Waals surface area contributed by atoms with Crippen molar-refractivity contribution >= 4 is 28.4 Å². The van der Waals surface area contributed by atoms with E-state index < -0.39 is 0 Å². The minimum atomic E-state index is 0.0597. The summed E-state index contributed by atoms with van der Waals surface area (Å²) in [4.78, 5) is 17.9. The molecule has 25 heavy (non-hydrogen) atoms. The monoisotopic (exact) mass is 357 g/mol. The molecule has 1 aromatic carbocycles. The van der Waals surface area contributed by atoms with Crippen molar-refractivity contribution in [2.24, 2.45) is 13.0 Å². The number of carbonyl (C=O) groups is 1. The van der Waals surface area contributed by atoms with Gasteiger partial charge in [0, 0.05) is 42.5 Å². The van der Waals surface area contributed by atoms with E-state index in [0.717, 1.165) is 49.1 Å². The van der Waals surface area contributed by atoms with Crippen LogP contribution in [0.3, 0.4) is 0 Å². The molecule has 3 aromatic rings. The lowest BCUT2D eigenvalue weighted by molar-refractivity contribution is 0.0684. The molecule has 1 amide bonds. The van der Waals surface area contributed by atoms with Crippen LogP contribution in [-0.4, -0.2) is 43.6 Å². The Labute approximate surface area is 150 Å². The van der Waals surface area contributed by atoms with Crippen LogP contribution in [0.15, 0.2) is 30.6 Å². The van der Waals surface area contributed by atoms with Gasteiger partial charge in [0.1, 0.15) is 17.8 Å². The fraction of sp³-hybridized carbons (Fsp3) is 0.389. The number of benzene rings is 1. The highest BCUT2D eigenvalue weighted by atomic mass is 35.5. The molecular formula is C18H20ClN5O. The number of hydrogen-bond acceptors (Lipinski definition) is 3. The lowest BCUT2D eigenvalue weighted by Crippen LogP contribution is -2.39. The zero-order valence-electron chi connectivity index (χ0n) is 14.1. The van der Waals surface area contributed by atoms with Gasteiger partial charge in [0.2, 0.25) is 0 Å². The molecule has 7 heteroatoms. The van der Waals surface area contributed by atoms with E-state index >= 15 is 0 Å². The van der Waals surface area contributed by atoms with Gasteiger partial charge in [0.15, 0.2) is 0 Å². The van der Waals surface area contributed by atoms with Crippen LogP contribution >= 0.6 is 11.6 Å². The Morgan fingerprint density at radius 3 is 2.84 bits per heavy atom. The number of amides is 1. The van der Waals surface area contributed by atoms with Crippen molar-refractivity contribution in [3.05, 3.63) is 47.1 Å². The molecule has 1 saturated heterocycles. The van der Waals surface area contributed by atoms with Gasteiger partial charge in [-0.05, 0) is 43.0 Å². The van der Waals surface area contributed by atoms with Crippen molar-refractivity contribution in [3.63, 3.8) is 0 Å². The summed E-state index contributed by atoms with van der Waals surface area (Å²) < 4.78 is 1.97. The third kappa shape index (κ3) is 3.26. The fourth-order valence-electron chi connectivity index (χ4n) is 3.48. The zero-order chi connectivity index (χ0) is 17.4. The van der Waals surface area contributed by atoms with Gasteiger partial charge in [-0.3, -0.25) is 4.79 Å². The molecule has 1 N–H and O–H groups in total. The molecule has 1 fully saturated rings. The second kappa shape index (κ2) is 6.52. The van der Waals surface area contributed by atoms with E-state index in [1.165, 1.54) is 0 Å². The molecule has 0 bridgehead atoms. The Bertz CT molecular complexity index is 907. The first kappa shape index (κ1) is 16.1. The van der Waals surface area contributed by atoms with Gasteiger partial charge in [-0.2, -0.15) is 0 Å². The van der Waals surface area contributed by atoms with E-state index in [-0.39, 0.29) is 5.91 Å². The molecule has 130 valence electrons. The number of piperidine rings is 1. The summed E-state index contributed by atoms with van der Waals surface area (Å²) in [6, 6.07) is 7.49. The van der Waals surface area contributed by atoms with Crippen LogP contribution in [0.1, 0.15) is 29.2 Å². The summed E-state index contributed by atoms with van der Waals surface area (Å²) in [6.45, 7) is 1.55. The maximum Gasteiger partial charge on any atom is 0.270 e. The van der Waals surface area contributed by atoms with Crippen LogP contribution in [0.5, 0.6) is 0 Å². The summed E-state index contributed by atoms with van der Waals surface area (Å²) in [5.41, 5.74) is 1.56. The number of aryl methyl sites for hydroxylation is 1. The third-order valence-electron chi connectivity index (χ3n) is 4.99. The van der Waals surface area contributed by atoms with Gasteiger partial charge >= 0.3 is 0 Å². The highest BCUT2D eigenvalue weighted by Gasteiger charge is 2.25. The van der Waals surface area contributed by atoms with Gasteiger partial charge in [-0.15, -0.1) is 10.2 Å². The van der Waals surface area contributed by atoms with E-state index in [2.05, 4.69) is 15.2 Å². The van der Waals surface area contributed by atoms with Crippen LogP contribution in [0, 0.1) is 5.92 Å². The first-order valence-corrected chi connectivity index (χ1v) is 8.88. The highest BCUT2D eigenvalue weighted by Crippen LogP contribution is 2.24. The number of hydrogen-bond donors (Lipinski definition) is 1. The molecule has 6 nitrogen and oxygen atoms in total. The van der Waals surface area contributed by atoms with Gasteiger partial charge in [-0.25, -0.2) is 0 Å². The molecule has 0 atom stereocenters. The number of H-pyrrole nitrogens is 1. The van der Waals surface area contributed by atoms with Crippen molar-refractivity contribution < 1.29 is 4.79 Å². The van der Waals surface area contributed by atoms with Crippen LogP contribution in [-0.2, 0) is 13.5 Å². The van der Waals surface area contributed by atoms with Gasteiger partial charge in [-0.1, -0.05) is 11.6 Å². The maximum absolute atomic E-state index is 12.8. The zero-order valence-corrected chi connectivity index (χ0v) is 14.8. The molecule has 2 aromatic heterocycles. The molecule has 0 aliphatic carbocycles. The van der Waals surface area contributed by atoms with Crippen molar-refractivity contribution in [2.45, 2.75) is 19.3 Å². The Kier molecular flexibility index (Phi) is 4.21. The van der Waals surface area contributed by atoms with Gasteiger partial charge in [0.05, 0.1) is 0 Å². The number of carbonyl (C=O) groups excluding carboxylic acids is 1. The number of rotatable bonds is 3. The quantitative estimate of drug-likeness (QED) is 0.783. The summed E-state index contributed by atoms with van der Waals surface area (Å²) in [7, 11) is 1.97. The van der Waals surface area contributed by atoms with Gasteiger partial charge in [0.25, 0.3) is 5.91 Å². The number of aromatic nitrogens is 4. The average Bonchev–Trinajstić information content (AvgIpc) is 3.21. The van der Waals surface area contributed by atoms with Crippen LogP contribution in [0.25, 0.3) is 10.9 Å². The standard InChI is InChI=1S/C18H20ClN5O/c1-23-11-20-22-17(23)8-12-4-6-24(7-5-12)18(25)16-10-13-9-14(19)2-3-15(13)21-16/h2-3,9-12,21H,4-8H2,1H3. The molecule has 1 aliphatic heterocycles. The summed E-state index contributed by atoms with van der Waals surface area (Å²) in [5.74, 6) is 1.62. The van der Waals surface area contributed by atoms with Crippen LogP contribution in [0.4, 0.5) is 0 Å². The largest absolute Gasteiger partial charge is 0.351 e. The maximum atomic E-state index is 12.8. The first-order valence-electron chi connectivity index (χ1n) is 8.50. The smallest absolute Gasteiger partial charge is 0.270 e. The predicted octanol–water partition coefficient (Wildman–Crippen LogP) is 3.04. The van der Waals surface area contributed by atoms with Crippen molar-refractivity contribution in [1.82, 2.24) is 24.6 Å². The number of nitrogens with zero attached hydrogens (tertiary/aromatic N) is 4. The molecule has 0 unspecified atom stereocenters. The number of aromatic amines is 1. The predicted molar refractivity (Wildman–Crippen MR) is 96.6 cm³/mol. The van der Waals surface area contributed by atoms with E-state index in [4.69, 9.17) is 11.6 Å². The molecule has 0 saturated carbocycles. The minimum absolute atomic E-state index is 0.0597. The first-order chi connectivity index (χ1) is 12.1. The number of halogens is 1. The Morgan fingerprint density at radius 2 is 2.12 bits per heavy atom. The molecule has 0 spiro atoms. The third-order valence-corrected chi connectivity index (χ3v) is 5.23. The van der Waals surface area contributed by atoms with E-state index in [0.29, 0.717) is 16.6 Å². The Morgan fingerprint density at radius 1 is 1.32 bits per heavy atom. The number of likely N-dealkylation sites (tertiary alicyclic amines) is 1. The van der Waals surface area contributed by atoms with Crippen molar-refractivity contribution in [3.8, 4) is 0 Å². The lowest BCUT2D eigenvalue weighted by atomic mass is 9.93. The Balaban J connectivity index is 1.41. The van der Waals surface area contributed by atoms with Crippen LogP contribution < -0.4 is 0 Å². The molecular weight excluding hydrogens is 338 g/mol. The summed E-state index contributed by atoms with van der Waals surface area (Å²) >= 11 is 6.02. The highest BCUT2D eigenvalue weighted by molar-refractivity contribution is 6.31. The van der Waals surface area contributed by atoms with Crippen molar-refractivity contribution in [2.75, 3.05) is 13.1 Å². The second-order valence-electron chi connectivity index (χ2n) is 6.71. The van der Waals surface area contributed by atoms with Gasteiger partial charge < -0.3 is 14.5 Å². The fourth-order valence-corrected chi connectivity index (χ4v) is 3.66. The molecule has 1 aliphatic rings. The number of nitrogens with one attached hydrogen (secondary N) is 1. The van der Waals surface area contributed by atoms with Crippen molar-refractivity contribution in [1.29, 1.82) is 0 Å². The van der Waals surface area contributed by atoms with E-state index in [9.17, 15) is 4.79 Å². The minimum Gasteiger partial charge on any atom is -0.351 e. The summed E-state index contributed by atoms with van der Waals surface area (Å²) in [6.07, 6.45) is 4.63. The number of fused-ring (bicyclic) bond motifs is 1. The second-order valence-corrected chi connectivity index (χ2v) is 7.15. The SMILES string of the molecule is Cn1cnnc1CC1CCN(C(=O)c2cc3cc(Cl)ccc3[nH]2)CC1.